The molecule has 1 atom stereocenters. The minimum absolute atomic E-state index is 0.146. The van der Waals surface area contributed by atoms with Gasteiger partial charge in [-0.3, -0.25) is 0 Å². The van der Waals surface area contributed by atoms with Crippen LogP contribution in [-0.4, -0.2) is 44.3 Å². The monoisotopic (exact) mass is 362 g/mol. The predicted molar refractivity (Wildman–Crippen MR) is 94.3 cm³/mol. The van der Waals surface area contributed by atoms with Gasteiger partial charge in [-0.2, -0.15) is 9.57 Å². The molecule has 0 heterocycles. The molecule has 0 aliphatic carbocycles. The van der Waals surface area contributed by atoms with Gasteiger partial charge < -0.3 is 4.74 Å². The summed E-state index contributed by atoms with van der Waals surface area (Å²) < 4.78 is 31.3. The van der Waals surface area contributed by atoms with Crippen LogP contribution in [-0.2, 0) is 14.8 Å². The Balaban J connectivity index is 5.68. The number of ether oxygens (including phenoxy) is 1. The van der Waals surface area contributed by atoms with Crippen molar-refractivity contribution >= 4 is 24.2 Å². The van der Waals surface area contributed by atoms with Gasteiger partial charge in [-0.15, -0.1) is 0 Å². The molecule has 134 valence electrons. The summed E-state index contributed by atoms with van der Waals surface area (Å²) in [5.41, 5.74) is -0.833. The molecular formula is C15H30N2O4SSi. The van der Waals surface area contributed by atoms with E-state index in [9.17, 15) is 18.5 Å². The Kier molecular flexibility index (Phi) is 7.31. The summed E-state index contributed by atoms with van der Waals surface area (Å²) in [6, 6.07) is 1.37. The van der Waals surface area contributed by atoms with Gasteiger partial charge in [-0.25, -0.2) is 13.2 Å². The number of rotatable bonds is 6. The maximum atomic E-state index is 12.7. The molecule has 1 amide bonds. The van der Waals surface area contributed by atoms with E-state index in [0.717, 1.165) is 0 Å². The number of nitriles is 1. The molecular weight excluding hydrogens is 332 g/mol. The van der Waals surface area contributed by atoms with Crippen molar-refractivity contribution in [3.8, 4) is 6.07 Å². The first-order valence-electron chi connectivity index (χ1n) is 7.75. The molecule has 23 heavy (non-hydrogen) atoms. The minimum Gasteiger partial charge on any atom is -0.443 e. The largest absolute Gasteiger partial charge is 0.443 e. The topological polar surface area (TPSA) is 87.5 Å². The molecule has 0 rings (SSSR count). The molecule has 0 aromatic heterocycles. The Morgan fingerprint density at radius 3 is 2.04 bits per heavy atom. The number of sulfonamides is 1. The normalized spacial score (nSPS) is 14.3. The van der Waals surface area contributed by atoms with Crippen molar-refractivity contribution in [2.45, 2.75) is 71.9 Å². The van der Waals surface area contributed by atoms with E-state index < -0.39 is 35.8 Å². The van der Waals surface area contributed by atoms with E-state index in [-0.39, 0.29) is 11.7 Å². The zero-order valence-electron chi connectivity index (χ0n) is 15.5. The fraction of sp³-hybridized carbons (Fsp3) is 0.867. The maximum Gasteiger partial charge on any atom is 0.425 e. The van der Waals surface area contributed by atoms with Crippen LogP contribution in [0.4, 0.5) is 4.79 Å². The van der Waals surface area contributed by atoms with Gasteiger partial charge in [-0.05, 0) is 32.7 Å². The Morgan fingerprint density at radius 1 is 1.26 bits per heavy atom. The third-order valence-corrected chi connectivity index (χ3v) is 6.81. The van der Waals surface area contributed by atoms with Crippen LogP contribution >= 0.6 is 0 Å². The van der Waals surface area contributed by atoms with E-state index in [4.69, 9.17) is 4.74 Å². The van der Waals surface area contributed by atoms with Gasteiger partial charge in [0.2, 0.25) is 10.0 Å². The first kappa shape index (κ1) is 21.9. The standard InChI is InChI=1S/C15H30N2O4SSi/c1-12(2)13(11-16)17(14(18)21-15(3,4)5)22(19,20)9-10-23(6,7)8/h12-13H,9-10H2,1-8H3/t13-/m1/s1. The van der Waals surface area contributed by atoms with Crippen molar-refractivity contribution in [1.82, 2.24) is 4.31 Å². The second-order valence-corrected chi connectivity index (χ2v) is 15.8. The lowest BCUT2D eigenvalue weighted by Gasteiger charge is -2.31. The van der Waals surface area contributed by atoms with Crippen LogP contribution in [0.15, 0.2) is 0 Å². The number of carbonyl (C=O) groups excluding carboxylic acids is 1. The molecule has 0 saturated heterocycles. The summed E-state index contributed by atoms with van der Waals surface area (Å²) in [5, 5.41) is 9.35. The lowest BCUT2D eigenvalue weighted by atomic mass is 10.1. The molecule has 0 aliphatic rings. The molecule has 0 fully saturated rings. The van der Waals surface area contributed by atoms with Gasteiger partial charge in [0.25, 0.3) is 0 Å². The van der Waals surface area contributed by atoms with Gasteiger partial charge in [0.1, 0.15) is 11.6 Å². The summed E-state index contributed by atoms with van der Waals surface area (Å²) in [6.45, 7) is 14.6. The van der Waals surface area contributed by atoms with E-state index in [0.29, 0.717) is 10.3 Å². The average molecular weight is 363 g/mol. The number of hydrogen-bond acceptors (Lipinski definition) is 5. The highest BCUT2D eigenvalue weighted by Crippen LogP contribution is 2.22. The van der Waals surface area contributed by atoms with E-state index in [1.807, 2.05) is 6.07 Å². The average Bonchev–Trinajstić information content (AvgIpc) is 2.29. The van der Waals surface area contributed by atoms with Gasteiger partial charge >= 0.3 is 6.09 Å². The van der Waals surface area contributed by atoms with Crippen LogP contribution in [0.5, 0.6) is 0 Å². The van der Waals surface area contributed by atoms with Gasteiger partial charge in [0, 0.05) is 8.07 Å². The summed E-state index contributed by atoms with van der Waals surface area (Å²) in [6.07, 6.45) is -0.978. The third-order valence-electron chi connectivity index (χ3n) is 3.00. The maximum absolute atomic E-state index is 12.7. The van der Waals surface area contributed by atoms with Crippen LogP contribution in [0.2, 0.25) is 25.7 Å². The number of carbonyl (C=O) groups is 1. The van der Waals surface area contributed by atoms with E-state index in [1.165, 1.54) is 0 Å². The zero-order chi connectivity index (χ0) is 18.6. The minimum atomic E-state index is -3.91. The number of hydrogen-bond donors (Lipinski definition) is 0. The lowest BCUT2D eigenvalue weighted by Crippen LogP contribution is -2.49. The van der Waals surface area contributed by atoms with Gasteiger partial charge in [0.15, 0.2) is 0 Å². The Labute approximate surface area is 141 Å². The van der Waals surface area contributed by atoms with Crippen molar-refractivity contribution in [1.29, 1.82) is 5.26 Å². The molecule has 0 aromatic rings. The smallest absolute Gasteiger partial charge is 0.425 e. The molecule has 8 heteroatoms. The van der Waals surface area contributed by atoms with Crippen molar-refractivity contribution in [2.24, 2.45) is 5.92 Å². The third kappa shape index (κ3) is 7.84. The summed E-state index contributed by atoms with van der Waals surface area (Å²) in [7, 11) is -5.52. The molecule has 0 radical (unpaired) electrons. The number of nitrogens with zero attached hydrogens (tertiary/aromatic N) is 2. The van der Waals surface area contributed by atoms with Crippen molar-refractivity contribution in [3.05, 3.63) is 0 Å². The Hall–Kier alpha value is -1.07. The van der Waals surface area contributed by atoms with Gasteiger partial charge in [0.05, 0.1) is 11.8 Å². The molecule has 0 N–H and O–H groups in total. The zero-order valence-corrected chi connectivity index (χ0v) is 17.3. The van der Waals surface area contributed by atoms with Crippen LogP contribution in [0.1, 0.15) is 34.6 Å². The number of amides is 1. The summed E-state index contributed by atoms with van der Waals surface area (Å²) in [5.74, 6) is -0.471. The Bertz CT molecular complexity index is 553. The molecule has 0 spiro atoms. The van der Waals surface area contributed by atoms with Crippen molar-refractivity contribution < 1.29 is 17.9 Å². The van der Waals surface area contributed by atoms with Crippen LogP contribution in [0.3, 0.4) is 0 Å². The second kappa shape index (κ2) is 7.66. The SMILES string of the molecule is CC(C)[C@@H](C#N)N(C(=O)OC(C)(C)C)S(=O)(=O)CC[Si](C)(C)C. The highest BCUT2D eigenvalue weighted by molar-refractivity contribution is 7.89. The van der Waals surface area contributed by atoms with E-state index in [1.54, 1.807) is 34.6 Å². The van der Waals surface area contributed by atoms with E-state index in [2.05, 4.69) is 19.6 Å². The summed E-state index contributed by atoms with van der Waals surface area (Å²) in [4.78, 5) is 12.4. The summed E-state index contributed by atoms with van der Waals surface area (Å²) >= 11 is 0. The van der Waals surface area contributed by atoms with Crippen LogP contribution in [0, 0.1) is 17.2 Å². The van der Waals surface area contributed by atoms with Gasteiger partial charge in [-0.1, -0.05) is 33.5 Å². The first-order valence-corrected chi connectivity index (χ1v) is 13.1. The van der Waals surface area contributed by atoms with E-state index >= 15 is 0 Å². The van der Waals surface area contributed by atoms with Crippen LogP contribution < -0.4 is 0 Å². The molecule has 0 aromatic carbocycles. The second-order valence-electron chi connectivity index (χ2n) is 8.22. The highest BCUT2D eigenvalue weighted by Gasteiger charge is 2.39. The molecule has 6 nitrogen and oxygen atoms in total. The molecule has 0 bridgehead atoms. The fourth-order valence-electron chi connectivity index (χ4n) is 1.71. The highest BCUT2D eigenvalue weighted by atomic mass is 32.2. The quantitative estimate of drug-likeness (QED) is 0.675. The molecule has 0 unspecified atom stereocenters. The first-order chi connectivity index (χ1) is 10.1. The molecule has 0 aliphatic heterocycles. The van der Waals surface area contributed by atoms with Crippen molar-refractivity contribution in [3.63, 3.8) is 0 Å². The predicted octanol–water partition coefficient (Wildman–Crippen LogP) is 3.44. The van der Waals surface area contributed by atoms with Crippen LogP contribution in [0.25, 0.3) is 0 Å². The molecule has 0 saturated carbocycles. The lowest BCUT2D eigenvalue weighted by molar-refractivity contribution is 0.0343. The fourth-order valence-corrected chi connectivity index (χ4v) is 6.29. The Morgan fingerprint density at radius 2 is 1.74 bits per heavy atom. The van der Waals surface area contributed by atoms with Crippen molar-refractivity contribution in [2.75, 3.05) is 5.75 Å².